The highest BCUT2D eigenvalue weighted by Gasteiger charge is 2.22. The fourth-order valence-corrected chi connectivity index (χ4v) is 1.24. The Bertz CT molecular complexity index is 200. The Morgan fingerprint density at radius 3 is 2.31 bits per heavy atom. The van der Waals surface area contributed by atoms with Crippen molar-refractivity contribution in [2.75, 3.05) is 13.6 Å². The van der Waals surface area contributed by atoms with Crippen LogP contribution >= 0.6 is 12.4 Å². The van der Waals surface area contributed by atoms with Gasteiger partial charge in [-0.3, -0.25) is 4.79 Å². The molecule has 0 saturated heterocycles. The molecule has 98 valence electrons. The summed E-state index contributed by atoms with van der Waals surface area (Å²) in [5.74, 6) is 0.163. The Morgan fingerprint density at radius 1 is 1.44 bits per heavy atom. The number of nitrogens with two attached hydrogens (primary N) is 1. The number of hydrogen-bond donors (Lipinski definition) is 2. The smallest absolute Gasteiger partial charge is 0.239 e. The number of carbonyl (C=O) groups excluding carboxylic acids is 1. The summed E-state index contributed by atoms with van der Waals surface area (Å²) in [6.45, 7) is 6.27. The minimum Gasteiger partial charge on any atom is -0.393 e. The third kappa shape index (κ3) is 6.30. The minimum atomic E-state index is -0.422. The van der Waals surface area contributed by atoms with Gasteiger partial charge < -0.3 is 15.7 Å². The van der Waals surface area contributed by atoms with Gasteiger partial charge in [-0.25, -0.2) is 0 Å². The Kier molecular flexibility index (Phi) is 9.92. The van der Waals surface area contributed by atoms with Crippen LogP contribution in [-0.2, 0) is 4.79 Å². The summed E-state index contributed by atoms with van der Waals surface area (Å²) in [7, 11) is 1.73. The normalized spacial score (nSPS) is 15.9. The van der Waals surface area contributed by atoms with Crippen molar-refractivity contribution < 1.29 is 9.90 Å². The van der Waals surface area contributed by atoms with E-state index in [1.807, 2.05) is 13.8 Å². The van der Waals surface area contributed by atoms with Gasteiger partial charge >= 0.3 is 0 Å². The second-order valence-corrected chi connectivity index (χ2v) is 4.31. The fourth-order valence-electron chi connectivity index (χ4n) is 1.24. The highest BCUT2D eigenvalue weighted by molar-refractivity contribution is 5.85. The largest absolute Gasteiger partial charge is 0.393 e. The summed E-state index contributed by atoms with van der Waals surface area (Å²) in [5, 5.41) is 9.11. The molecule has 0 aliphatic rings. The maximum atomic E-state index is 11.8. The van der Waals surface area contributed by atoms with E-state index in [0.29, 0.717) is 13.0 Å². The highest BCUT2D eigenvalue weighted by atomic mass is 35.5. The van der Waals surface area contributed by atoms with E-state index in [9.17, 15) is 4.79 Å². The van der Waals surface area contributed by atoms with Gasteiger partial charge in [-0.05, 0) is 19.3 Å². The predicted molar refractivity (Wildman–Crippen MR) is 68.6 cm³/mol. The van der Waals surface area contributed by atoms with Crippen molar-refractivity contribution in [3.63, 3.8) is 0 Å². The molecule has 0 heterocycles. The molecule has 4 nitrogen and oxygen atoms in total. The summed E-state index contributed by atoms with van der Waals surface area (Å²) < 4.78 is 0. The van der Waals surface area contributed by atoms with Crippen molar-refractivity contribution in [1.82, 2.24) is 4.90 Å². The van der Waals surface area contributed by atoms with Gasteiger partial charge in [-0.2, -0.15) is 0 Å². The van der Waals surface area contributed by atoms with Crippen LogP contribution < -0.4 is 5.73 Å². The minimum absolute atomic E-state index is 0. The van der Waals surface area contributed by atoms with Crippen LogP contribution in [0.1, 0.15) is 33.6 Å². The summed E-state index contributed by atoms with van der Waals surface area (Å²) in [6, 6.07) is -0.422. The van der Waals surface area contributed by atoms with Gasteiger partial charge in [0.05, 0.1) is 12.1 Å². The standard InChI is InChI=1S/C11H24N2O2.ClH/c1-5-8(2)10(12)11(15)13(4)7-6-9(3)14;/h8-10,14H,5-7,12H2,1-4H3;1H. The van der Waals surface area contributed by atoms with Crippen molar-refractivity contribution in [1.29, 1.82) is 0 Å². The lowest BCUT2D eigenvalue weighted by atomic mass is 9.99. The van der Waals surface area contributed by atoms with Gasteiger partial charge in [-0.1, -0.05) is 20.3 Å². The maximum absolute atomic E-state index is 11.8. The van der Waals surface area contributed by atoms with Crippen LogP contribution in [0.4, 0.5) is 0 Å². The summed E-state index contributed by atoms with van der Waals surface area (Å²) in [4.78, 5) is 13.4. The van der Waals surface area contributed by atoms with Crippen molar-refractivity contribution in [2.24, 2.45) is 11.7 Å². The summed E-state index contributed by atoms with van der Waals surface area (Å²) in [5.41, 5.74) is 5.82. The molecule has 16 heavy (non-hydrogen) atoms. The highest BCUT2D eigenvalue weighted by Crippen LogP contribution is 2.08. The van der Waals surface area contributed by atoms with Crippen molar-refractivity contribution in [3.05, 3.63) is 0 Å². The molecule has 3 N–H and O–H groups in total. The first kappa shape index (κ1) is 18.1. The molecule has 3 unspecified atom stereocenters. The van der Waals surface area contributed by atoms with E-state index in [2.05, 4.69) is 0 Å². The number of rotatable bonds is 6. The van der Waals surface area contributed by atoms with E-state index in [1.165, 1.54) is 0 Å². The molecule has 0 aromatic rings. The van der Waals surface area contributed by atoms with Crippen LogP contribution in [0.5, 0.6) is 0 Å². The lowest BCUT2D eigenvalue weighted by Crippen LogP contribution is -2.46. The van der Waals surface area contributed by atoms with Crippen LogP contribution in [0.25, 0.3) is 0 Å². The number of aliphatic hydroxyl groups excluding tert-OH is 1. The zero-order valence-electron chi connectivity index (χ0n) is 10.6. The first-order chi connectivity index (χ1) is 6.90. The predicted octanol–water partition coefficient (Wildman–Crippen LogP) is 1.01. The van der Waals surface area contributed by atoms with Gasteiger partial charge in [-0.15, -0.1) is 12.4 Å². The second-order valence-electron chi connectivity index (χ2n) is 4.31. The van der Waals surface area contributed by atoms with E-state index in [-0.39, 0.29) is 30.3 Å². The molecule has 0 aromatic heterocycles. The molecule has 0 radical (unpaired) electrons. The van der Waals surface area contributed by atoms with Gasteiger partial charge in [0, 0.05) is 13.6 Å². The molecule has 1 amide bonds. The second kappa shape index (κ2) is 8.79. The fraction of sp³-hybridized carbons (Fsp3) is 0.909. The zero-order chi connectivity index (χ0) is 12.0. The SMILES string of the molecule is CCC(C)C(N)C(=O)N(C)CCC(C)O.Cl. The van der Waals surface area contributed by atoms with E-state index in [1.54, 1.807) is 18.9 Å². The van der Waals surface area contributed by atoms with E-state index in [4.69, 9.17) is 10.8 Å². The molecule has 0 aromatic carbocycles. The molecule has 0 spiro atoms. The maximum Gasteiger partial charge on any atom is 0.239 e. The molecule has 0 fully saturated rings. The van der Waals surface area contributed by atoms with Gasteiger partial charge in [0.25, 0.3) is 0 Å². The number of amides is 1. The Balaban J connectivity index is 0. The number of nitrogens with zero attached hydrogens (tertiary/aromatic N) is 1. The molecule has 5 heteroatoms. The monoisotopic (exact) mass is 252 g/mol. The quantitative estimate of drug-likeness (QED) is 0.742. The number of aliphatic hydroxyl groups is 1. The van der Waals surface area contributed by atoms with Crippen molar-refractivity contribution in [3.8, 4) is 0 Å². The average molecular weight is 253 g/mol. The third-order valence-electron chi connectivity index (χ3n) is 2.80. The first-order valence-corrected chi connectivity index (χ1v) is 5.58. The van der Waals surface area contributed by atoms with Crippen LogP contribution in [0.15, 0.2) is 0 Å². The zero-order valence-corrected chi connectivity index (χ0v) is 11.5. The van der Waals surface area contributed by atoms with E-state index < -0.39 is 6.04 Å². The van der Waals surface area contributed by atoms with Gasteiger partial charge in [0.2, 0.25) is 5.91 Å². The Labute approximate surface area is 105 Å². The van der Waals surface area contributed by atoms with Crippen LogP contribution in [0.3, 0.4) is 0 Å². The van der Waals surface area contributed by atoms with Crippen molar-refractivity contribution >= 4 is 18.3 Å². The van der Waals surface area contributed by atoms with E-state index in [0.717, 1.165) is 6.42 Å². The summed E-state index contributed by atoms with van der Waals surface area (Å²) in [6.07, 6.45) is 1.12. The van der Waals surface area contributed by atoms with Crippen LogP contribution in [-0.4, -0.2) is 41.7 Å². The molecule has 0 bridgehead atoms. The van der Waals surface area contributed by atoms with Gasteiger partial charge in [0.15, 0.2) is 0 Å². The molecular weight excluding hydrogens is 228 g/mol. The number of likely N-dealkylation sites (N-methyl/N-ethyl adjacent to an activating group) is 1. The number of hydrogen-bond acceptors (Lipinski definition) is 3. The lowest BCUT2D eigenvalue weighted by Gasteiger charge is -2.24. The molecular formula is C11H25ClN2O2. The Hall–Kier alpha value is -0.320. The molecule has 0 saturated carbocycles. The third-order valence-corrected chi connectivity index (χ3v) is 2.80. The molecule has 0 aliphatic carbocycles. The summed E-state index contributed by atoms with van der Waals surface area (Å²) >= 11 is 0. The molecule has 3 atom stereocenters. The van der Waals surface area contributed by atoms with Crippen LogP contribution in [0, 0.1) is 5.92 Å². The molecule has 0 rings (SSSR count). The Morgan fingerprint density at radius 2 is 1.94 bits per heavy atom. The first-order valence-electron chi connectivity index (χ1n) is 5.58. The average Bonchev–Trinajstić information content (AvgIpc) is 2.22. The lowest BCUT2D eigenvalue weighted by molar-refractivity contribution is -0.132. The number of carbonyl (C=O) groups is 1. The van der Waals surface area contributed by atoms with E-state index >= 15 is 0 Å². The van der Waals surface area contributed by atoms with Gasteiger partial charge in [0.1, 0.15) is 0 Å². The topological polar surface area (TPSA) is 66.6 Å². The molecule has 0 aliphatic heterocycles. The number of halogens is 1. The van der Waals surface area contributed by atoms with Crippen molar-refractivity contribution in [2.45, 2.75) is 45.8 Å². The van der Waals surface area contributed by atoms with Crippen LogP contribution in [0.2, 0.25) is 0 Å².